The van der Waals surface area contributed by atoms with Gasteiger partial charge in [-0.3, -0.25) is 0 Å². The second kappa shape index (κ2) is 3.84. The molecular weight excluding hydrogens is 232 g/mol. The molecule has 0 nitrogen and oxygen atoms in total. The van der Waals surface area contributed by atoms with Crippen LogP contribution in [-0.2, 0) is 0 Å². The van der Waals surface area contributed by atoms with E-state index in [0.717, 1.165) is 5.25 Å². The van der Waals surface area contributed by atoms with Crippen molar-refractivity contribution < 1.29 is 0 Å². The largest absolute Gasteiger partial charge is 0.123 e. The molecule has 2 heteroatoms. The Morgan fingerprint density at radius 2 is 2.17 bits per heavy atom. The monoisotopic (exact) mass is 242 g/mol. The lowest BCUT2D eigenvalue weighted by Gasteiger charge is -2.24. The number of thioether (sulfide) groups is 1. The van der Waals surface area contributed by atoms with E-state index in [0.29, 0.717) is 0 Å². The first-order valence-corrected chi connectivity index (χ1v) is 5.94. The summed E-state index contributed by atoms with van der Waals surface area (Å²) in [6, 6.07) is 8.56. The van der Waals surface area contributed by atoms with Gasteiger partial charge in [0.05, 0.1) is 0 Å². The summed E-state index contributed by atoms with van der Waals surface area (Å²) in [5, 5.41) is 0.888. The fourth-order valence-corrected chi connectivity index (χ4v) is 3.08. The predicted octanol–water partition coefficient (Wildman–Crippen LogP) is 4.09. The molecule has 1 aromatic carbocycles. The molecule has 0 radical (unpaired) electrons. The molecule has 0 saturated heterocycles. The Labute approximate surface area is 85.9 Å². The van der Waals surface area contributed by atoms with Gasteiger partial charge < -0.3 is 0 Å². The maximum Gasteiger partial charge on any atom is 0.0186 e. The standard InChI is InChI=1S/C10H11BrS/c11-8-3-1-6-10(7-8)12-9-4-2-5-9/h1,3,6-7,9H,2,4-5H2. The van der Waals surface area contributed by atoms with Crippen molar-refractivity contribution in [1.82, 2.24) is 0 Å². The molecular formula is C10H11BrS. The van der Waals surface area contributed by atoms with E-state index in [2.05, 4.69) is 40.2 Å². The van der Waals surface area contributed by atoms with Gasteiger partial charge in [-0.2, -0.15) is 0 Å². The molecule has 64 valence electrons. The second-order valence-corrected chi connectivity index (χ2v) is 5.42. The van der Waals surface area contributed by atoms with Crippen LogP contribution in [0.15, 0.2) is 33.6 Å². The maximum absolute atomic E-state index is 3.48. The molecule has 1 fully saturated rings. The van der Waals surface area contributed by atoms with Gasteiger partial charge in [0.25, 0.3) is 0 Å². The lowest BCUT2D eigenvalue weighted by molar-refractivity contribution is 0.522. The van der Waals surface area contributed by atoms with E-state index in [1.165, 1.54) is 28.6 Å². The third kappa shape index (κ3) is 2.05. The average molecular weight is 243 g/mol. The van der Waals surface area contributed by atoms with E-state index in [1.54, 1.807) is 0 Å². The molecule has 0 aliphatic heterocycles. The first-order chi connectivity index (χ1) is 5.84. The zero-order valence-corrected chi connectivity index (χ0v) is 9.20. The van der Waals surface area contributed by atoms with Crippen LogP contribution in [0.2, 0.25) is 0 Å². The quantitative estimate of drug-likeness (QED) is 0.753. The minimum absolute atomic E-state index is 0.888. The van der Waals surface area contributed by atoms with E-state index in [9.17, 15) is 0 Å². The Bertz CT molecular complexity index is 268. The maximum atomic E-state index is 3.48. The van der Waals surface area contributed by atoms with Crippen LogP contribution in [0, 0.1) is 0 Å². The van der Waals surface area contributed by atoms with Crippen LogP contribution in [0.1, 0.15) is 19.3 Å². The molecule has 1 aliphatic rings. The molecule has 0 N–H and O–H groups in total. The van der Waals surface area contributed by atoms with E-state index in [1.807, 2.05) is 11.8 Å². The number of halogens is 1. The van der Waals surface area contributed by atoms with Crippen molar-refractivity contribution in [3.8, 4) is 0 Å². The van der Waals surface area contributed by atoms with Crippen molar-refractivity contribution >= 4 is 27.7 Å². The van der Waals surface area contributed by atoms with Gasteiger partial charge in [0.2, 0.25) is 0 Å². The Morgan fingerprint density at radius 3 is 2.75 bits per heavy atom. The van der Waals surface area contributed by atoms with Gasteiger partial charge >= 0.3 is 0 Å². The molecule has 2 rings (SSSR count). The lowest BCUT2D eigenvalue weighted by Crippen LogP contribution is -2.12. The van der Waals surface area contributed by atoms with E-state index < -0.39 is 0 Å². The summed E-state index contributed by atoms with van der Waals surface area (Å²) in [4.78, 5) is 1.40. The Morgan fingerprint density at radius 1 is 1.33 bits per heavy atom. The summed E-state index contributed by atoms with van der Waals surface area (Å²) in [5.74, 6) is 0. The minimum Gasteiger partial charge on any atom is -0.123 e. The lowest BCUT2D eigenvalue weighted by atomic mass is 10.0. The Balaban J connectivity index is 2.02. The highest BCUT2D eigenvalue weighted by atomic mass is 79.9. The van der Waals surface area contributed by atoms with E-state index in [4.69, 9.17) is 0 Å². The van der Waals surface area contributed by atoms with Crippen LogP contribution in [0.3, 0.4) is 0 Å². The van der Waals surface area contributed by atoms with Gasteiger partial charge in [0.1, 0.15) is 0 Å². The molecule has 0 aromatic heterocycles. The van der Waals surface area contributed by atoms with Crippen molar-refractivity contribution in [1.29, 1.82) is 0 Å². The van der Waals surface area contributed by atoms with Crippen LogP contribution in [-0.4, -0.2) is 5.25 Å². The summed E-state index contributed by atoms with van der Waals surface area (Å²) in [6.07, 6.45) is 4.22. The molecule has 1 aliphatic carbocycles. The van der Waals surface area contributed by atoms with Gasteiger partial charge in [-0.1, -0.05) is 28.4 Å². The van der Waals surface area contributed by atoms with Gasteiger partial charge in [-0.25, -0.2) is 0 Å². The highest BCUT2D eigenvalue weighted by Gasteiger charge is 2.18. The van der Waals surface area contributed by atoms with Crippen LogP contribution >= 0.6 is 27.7 Å². The second-order valence-electron chi connectivity index (χ2n) is 3.13. The van der Waals surface area contributed by atoms with E-state index in [-0.39, 0.29) is 0 Å². The van der Waals surface area contributed by atoms with Gasteiger partial charge in [-0.05, 0) is 31.0 Å². The summed E-state index contributed by atoms with van der Waals surface area (Å²) in [7, 11) is 0. The Kier molecular flexibility index (Phi) is 2.76. The van der Waals surface area contributed by atoms with Gasteiger partial charge in [0, 0.05) is 14.6 Å². The van der Waals surface area contributed by atoms with Crippen LogP contribution in [0.5, 0.6) is 0 Å². The SMILES string of the molecule is Brc1cccc(SC2CCC2)c1. The number of benzene rings is 1. The van der Waals surface area contributed by atoms with Crippen LogP contribution < -0.4 is 0 Å². The highest BCUT2D eigenvalue weighted by molar-refractivity contribution is 9.10. The molecule has 0 unspecified atom stereocenters. The molecule has 1 saturated carbocycles. The normalized spacial score (nSPS) is 17.4. The predicted molar refractivity (Wildman–Crippen MR) is 57.6 cm³/mol. The van der Waals surface area contributed by atoms with Crippen LogP contribution in [0.4, 0.5) is 0 Å². The van der Waals surface area contributed by atoms with E-state index >= 15 is 0 Å². The summed E-state index contributed by atoms with van der Waals surface area (Å²) >= 11 is 5.49. The molecule has 12 heavy (non-hydrogen) atoms. The summed E-state index contributed by atoms with van der Waals surface area (Å²) in [6.45, 7) is 0. The third-order valence-electron chi connectivity index (χ3n) is 2.15. The van der Waals surface area contributed by atoms with Gasteiger partial charge in [0.15, 0.2) is 0 Å². The third-order valence-corrected chi connectivity index (χ3v) is 3.98. The number of rotatable bonds is 2. The molecule has 0 amide bonds. The molecule has 1 aromatic rings. The molecule has 0 spiro atoms. The first kappa shape index (κ1) is 8.64. The van der Waals surface area contributed by atoms with Crippen molar-refractivity contribution in [3.63, 3.8) is 0 Å². The van der Waals surface area contributed by atoms with Crippen molar-refractivity contribution in [3.05, 3.63) is 28.7 Å². The molecule has 0 heterocycles. The summed E-state index contributed by atoms with van der Waals surface area (Å²) < 4.78 is 1.19. The first-order valence-electron chi connectivity index (χ1n) is 4.27. The minimum atomic E-state index is 0.888. The van der Waals surface area contributed by atoms with Crippen LogP contribution in [0.25, 0.3) is 0 Å². The van der Waals surface area contributed by atoms with Crippen molar-refractivity contribution in [2.24, 2.45) is 0 Å². The molecule has 0 atom stereocenters. The molecule has 0 bridgehead atoms. The van der Waals surface area contributed by atoms with Crippen molar-refractivity contribution in [2.45, 2.75) is 29.4 Å². The fraction of sp³-hybridized carbons (Fsp3) is 0.400. The zero-order valence-electron chi connectivity index (χ0n) is 6.79. The smallest absolute Gasteiger partial charge is 0.0186 e. The number of hydrogen-bond donors (Lipinski definition) is 0. The average Bonchev–Trinajstić information content (AvgIpc) is 1.97. The number of hydrogen-bond acceptors (Lipinski definition) is 1. The summed E-state index contributed by atoms with van der Waals surface area (Å²) in [5.41, 5.74) is 0. The zero-order chi connectivity index (χ0) is 8.39. The fourth-order valence-electron chi connectivity index (χ4n) is 1.22. The highest BCUT2D eigenvalue weighted by Crippen LogP contribution is 2.36. The Hall–Kier alpha value is 0.0500. The van der Waals surface area contributed by atoms with Gasteiger partial charge in [-0.15, -0.1) is 11.8 Å². The van der Waals surface area contributed by atoms with Crippen molar-refractivity contribution in [2.75, 3.05) is 0 Å². The topological polar surface area (TPSA) is 0 Å².